The summed E-state index contributed by atoms with van der Waals surface area (Å²) in [5, 5.41) is 27.3. The second kappa shape index (κ2) is 15.1. The van der Waals surface area contributed by atoms with E-state index in [9.17, 15) is 30.8 Å². The standard InChI is InChI=1S/C28H27FN6O5S.C2HF3O2/c1-39-25-7-3-6-24-26(25)27(34-41(37,38)21-8-9-22(29)20(13-21)14-30)33-35(24)16-19-5-2-4-18(12-19)15-32-28(36)23-17-40-11-10-31-23;3-2(4,5)1(6)7/h2-9,12-13,23,31H,10-11,15-17H2,1H3,(H,32,36)(H,33,34);(H,6,7)/t23-;/m1./s1. The van der Waals surface area contributed by atoms with Crippen LogP contribution in [-0.2, 0) is 37.4 Å². The number of sulfonamides is 1. The van der Waals surface area contributed by atoms with Gasteiger partial charge in [0.1, 0.15) is 23.7 Å². The number of carboxylic acids is 1. The number of rotatable bonds is 9. The molecule has 0 saturated carbocycles. The molecule has 0 unspecified atom stereocenters. The van der Waals surface area contributed by atoms with Gasteiger partial charge in [-0.2, -0.15) is 23.5 Å². The first-order chi connectivity index (χ1) is 22.7. The van der Waals surface area contributed by atoms with Crippen LogP contribution >= 0.6 is 0 Å². The number of aliphatic carboxylic acids is 1. The Morgan fingerprint density at radius 2 is 1.88 bits per heavy atom. The normalized spacial score (nSPS) is 14.7. The van der Waals surface area contributed by atoms with Crippen molar-refractivity contribution in [2.75, 3.05) is 31.6 Å². The van der Waals surface area contributed by atoms with Crippen LogP contribution in [0.15, 0.2) is 65.6 Å². The van der Waals surface area contributed by atoms with Gasteiger partial charge >= 0.3 is 12.1 Å². The zero-order valence-electron chi connectivity index (χ0n) is 25.0. The van der Waals surface area contributed by atoms with E-state index in [0.29, 0.717) is 49.5 Å². The van der Waals surface area contributed by atoms with Crippen LogP contribution in [0.25, 0.3) is 10.9 Å². The third kappa shape index (κ3) is 8.76. The van der Waals surface area contributed by atoms with Gasteiger partial charge in [0.05, 0.1) is 48.2 Å². The van der Waals surface area contributed by atoms with Gasteiger partial charge in [0.2, 0.25) is 5.91 Å². The minimum Gasteiger partial charge on any atom is -0.496 e. The van der Waals surface area contributed by atoms with Gasteiger partial charge in [-0.05, 0) is 41.5 Å². The first-order valence-corrected chi connectivity index (χ1v) is 15.4. The van der Waals surface area contributed by atoms with Gasteiger partial charge in [-0.3, -0.25) is 14.2 Å². The molecule has 1 atom stereocenters. The van der Waals surface area contributed by atoms with Crippen molar-refractivity contribution < 1.29 is 50.1 Å². The molecule has 0 bridgehead atoms. The number of carbonyl (C=O) groups excluding carboxylic acids is 1. The van der Waals surface area contributed by atoms with Gasteiger partial charge in [0.25, 0.3) is 10.0 Å². The molecule has 1 saturated heterocycles. The summed E-state index contributed by atoms with van der Waals surface area (Å²) in [6.07, 6.45) is -5.08. The van der Waals surface area contributed by atoms with Crippen molar-refractivity contribution >= 4 is 38.6 Å². The molecule has 0 spiro atoms. The number of methoxy groups -OCH3 is 1. The zero-order chi connectivity index (χ0) is 35.1. The molecule has 2 heterocycles. The highest BCUT2D eigenvalue weighted by atomic mass is 32.2. The molecule has 4 aromatic rings. The second-order valence-corrected chi connectivity index (χ2v) is 11.8. The lowest BCUT2D eigenvalue weighted by Crippen LogP contribution is -2.51. The highest BCUT2D eigenvalue weighted by molar-refractivity contribution is 7.92. The Balaban J connectivity index is 0.000000671. The van der Waals surface area contributed by atoms with Crippen molar-refractivity contribution in [1.82, 2.24) is 20.4 Å². The second-order valence-electron chi connectivity index (χ2n) is 10.1. The van der Waals surface area contributed by atoms with Gasteiger partial charge in [0, 0.05) is 13.1 Å². The summed E-state index contributed by atoms with van der Waals surface area (Å²) in [5.41, 5.74) is 1.98. The molecule has 3 aromatic carbocycles. The van der Waals surface area contributed by atoms with Crippen LogP contribution < -0.4 is 20.1 Å². The third-order valence-electron chi connectivity index (χ3n) is 6.83. The van der Waals surface area contributed by atoms with Gasteiger partial charge in [-0.15, -0.1) is 0 Å². The molecule has 1 amide bonds. The van der Waals surface area contributed by atoms with Crippen molar-refractivity contribution in [3.63, 3.8) is 0 Å². The number of amides is 1. The van der Waals surface area contributed by atoms with Gasteiger partial charge in [-0.25, -0.2) is 17.6 Å². The molecule has 0 aliphatic carbocycles. The SMILES string of the molecule is COc1cccc2c1c(NS(=O)(=O)c1ccc(F)c(C#N)c1)nn2Cc1cccc(CNC(=O)[C@H]2COCCN2)c1.O=C(O)C(F)(F)F. The number of alkyl halides is 3. The molecule has 13 nitrogen and oxygen atoms in total. The van der Waals surface area contributed by atoms with Gasteiger partial charge in [0.15, 0.2) is 5.82 Å². The third-order valence-corrected chi connectivity index (χ3v) is 8.17. The van der Waals surface area contributed by atoms with E-state index >= 15 is 0 Å². The smallest absolute Gasteiger partial charge is 0.490 e. The van der Waals surface area contributed by atoms with Gasteiger partial charge in [-0.1, -0.05) is 30.3 Å². The fraction of sp³-hybridized carbons (Fsp3) is 0.267. The van der Waals surface area contributed by atoms with Crippen LogP contribution in [0.2, 0.25) is 0 Å². The Bertz CT molecular complexity index is 1960. The highest BCUT2D eigenvalue weighted by Crippen LogP contribution is 2.34. The molecule has 1 aromatic heterocycles. The summed E-state index contributed by atoms with van der Waals surface area (Å²) in [6.45, 7) is 2.15. The first-order valence-electron chi connectivity index (χ1n) is 14.0. The largest absolute Gasteiger partial charge is 0.496 e. The molecule has 254 valence electrons. The van der Waals surface area contributed by atoms with E-state index < -0.39 is 28.0 Å². The maximum absolute atomic E-state index is 13.8. The number of nitriles is 1. The summed E-state index contributed by atoms with van der Waals surface area (Å²) in [4.78, 5) is 21.1. The summed E-state index contributed by atoms with van der Waals surface area (Å²) in [7, 11) is -2.76. The number of benzene rings is 3. The molecule has 4 N–H and O–H groups in total. The number of hydrogen-bond acceptors (Lipinski definition) is 9. The Labute approximate surface area is 271 Å². The first kappa shape index (κ1) is 35.6. The highest BCUT2D eigenvalue weighted by Gasteiger charge is 2.38. The van der Waals surface area contributed by atoms with E-state index in [4.69, 9.17) is 24.6 Å². The van der Waals surface area contributed by atoms with E-state index in [0.717, 1.165) is 29.3 Å². The van der Waals surface area contributed by atoms with Gasteiger partial charge < -0.3 is 25.2 Å². The minimum atomic E-state index is -5.08. The molecule has 1 fully saturated rings. The molecule has 48 heavy (non-hydrogen) atoms. The van der Waals surface area contributed by atoms with Crippen molar-refractivity contribution in [3.05, 3.63) is 83.2 Å². The molecule has 0 radical (unpaired) electrons. The van der Waals surface area contributed by atoms with Crippen LogP contribution in [0, 0.1) is 17.1 Å². The fourth-order valence-electron chi connectivity index (χ4n) is 4.56. The summed E-state index contributed by atoms with van der Waals surface area (Å²) >= 11 is 0. The van der Waals surface area contributed by atoms with Crippen LogP contribution in [0.3, 0.4) is 0 Å². The van der Waals surface area contributed by atoms with Crippen molar-refractivity contribution in [2.24, 2.45) is 0 Å². The predicted octanol–water partition coefficient (Wildman–Crippen LogP) is 3.14. The number of fused-ring (bicyclic) bond motifs is 1. The molecule has 1 aliphatic rings. The number of hydrogen-bond donors (Lipinski definition) is 4. The maximum atomic E-state index is 13.8. The topological polar surface area (TPSA) is 185 Å². The zero-order valence-corrected chi connectivity index (χ0v) is 25.9. The number of carbonyl (C=O) groups is 2. The molecular formula is C30H28F4N6O7S. The van der Waals surface area contributed by atoms with E-state index in [1.54, 1.807) is 29.0 Å². The average Bonchev–Trinajstić information content (AvgIpc) is 3.40. The number of nitrogens with one attached hydrogen (secondary N) is 3. The van der Waals surface area contributed by atoms with Crippen molar-refractivity contribution in [3.8, 4) is 11.8 Å². The average molecular weight is 693 g/mol. The number of halogens is 4. The lowest BCUT2D eigenvalue weighted by Gasteiger charge is -2.22. The summed E-state index contributed by atoms with van der Waals surface area (Å²) in [5.74, 6) is -3.29. The lowest BCUT2D eigenvalue weighted by atomic mass is 10.1. The number of aromatic nitrogens is 2. The van der Waals surface area contributed by atoms with E-state index in [-0.39, 0.29) is 28.2 Å². The Kier molecular flexibility index (Phi) is 11.2. The number of carboxylic acid groups (broad SMARTS) is 1. The monoisotopic (exact) mass is 692 g/mol. The number of nitrogens with zero attached hydrogens (tertiary/aromatic N) is 3. The number of morpholine rings is 1. The van der Waals surface area contributed by atoms with E-state index in [1.807, 2.05) is 24.3 Å². The van der Waals surface area contributed by atoms with E-state index in [1.165, 1.54) is 7.11 Å². The predicted molar refractivity (Wildman–Crippen MR) is 162 cm³/mol. The molecular weight excluding hydrogens is 664 g/mol. The molecule has 18 heteroatoms. The molecule has 5 rings (SSSR count). The number of anilines is 1. The Hall–Kier alpha value is -5.25. The minimum absolute atomic E-state index is 0.0194. The van der Waals surface area contributed by atoms with Crippen LogP contribution in [0.1, 0.15) is 16.7 Å². The fourth-order valence-corrected chi connectivity index (χ4v) is 5.60. The molecule has 1 aliphatic heterocycles. The van der Waals surface area contributed by atoms with Crippen molar-refractivity contribution in [2.45, 2.75) is 30.2 Å². The summed E-state index contributed by atoms with van der Waals surface area (Å²) < 4.78 is 86.9. The maximum Gasteiger partial charge on any atom is 0.490 e. The van der Waals surface area contributed by atoms with Crippen LogP contribution in [0.4, 0.5) is 23.4 Å². The Morgan fingerprint density at radius 1 is 1.17 bits per heavy atom. The van der Waals surface area contributed by atoms with Crippen molar-refractivity contribution in [1.29, 1.82) is 5.26 Å². The quantitative estimate of drug-likeness (QED) is 0.190. The summed E-state index contributed by atoms with van der Waals surface area (Å²) in [6, 6.07) is 17.1. The van der Waals surface area contributed by atoms with Crippen LogP contribution in [-0.4, -0.2) is 74.3 Å². The number of ether oxygens (including phenoxy) is 2. The Morgan fingerprint density at radius 3 is 2.52 bits per heavy atom. The van der Waals surface area contributed by atoms with Crippen LogP contribution in [0.5, 0.6) is 5.75 Å². The lowest BCUT2D eigenvalue weighted by molar-refractivity contribution is -0.192. The van der Waals surface area contributed by atoms with E-state index in [2.05, 4.69) is 20.5 Å².